The van der Waals surface area contributed by atoms with E-state index >= 15 is 0 Å². The Morgan fingerprint density at radius 1 is 1.40 bits per heavy atom. The van der Waals surface area contributed by atoms with E-state index in [-0.39, 0.29) is 17.3 Å². The van der Waals surface area contributed by atoms with Crippen molar-refractivity contribution in [2.24, 2.45) is 0 Å². The Hall–Kier alpha value is -2.11. The van der Waals surface area contributed by atoms with Crippen LogP contribution in [0.5, 0.6) is 0 Å². The highest BCUT2D eigenvalue weighted by Crippen LogP contribution is 2.30. The Bertz CT molecular complexity index is 752. The summed E-state index contributed by atoms with van der Waals surface area (Å²) >= 11 is 5.95. The third-order valence-corrected chi connectivity index (χ3v) is 5.19. The molecule has 1 aliphatic heterocycles. The number of amides is 1. The molecule has 3 N–H and O–H groups in total. The van der Waals surface area contributed by atoms with Crippen molar-refractivity contribution in [3.8, 4) is 0 Å². The molecule has 3 rings (SSSR count). The van der Waals surface area contributed by atoms with Gasteiger partial charge in [-0.2, -0.15) is 0 Å². The molecule has 1 aromatic heterocycles. The lowest BCUT2D eigenvalue weighted by atomic mass is 9.98. The molecule has 5 nitrogen and oxygen atoms in total. The van der Waals surface area contributed by atoms with Gasteiger partial charge in [0.05, 0.1) is 10.6 Å². The summed E-state index contributed by atoms with van der Waals surface area (Å²) < 4.78 is 0. The predicted octanol–water partition coefficient (Wildman–Crippen LogP) is 3.10. The number of halogens is 1. The van der Waals surface area contributed by atoms with Crippen LogP contribution in [0.2, 0.25) is 5.02 Å². The minimum Gasteiger partial charge on any atom is -0.382 e. The smallest absolute Gasteiger partial charge is 0.252 e. The normalized spacial score (nSPS) is 20.6. The SMILES string of the molecule is C[C@]1(CNC(=O)c2cnc(N)c(Cl)c2)CCCN1Cc1ccccc1. The molecule has 0 saturated carbocycles. The molecule has 132 valence electrons. The summed E-state index contributed by atoms with van der Waals surface area (Å²) in [4.78, 5) is 18.8. The average Bonchev–Trinajstić information content (AvgIpc) is 2.97. The van der Waals surface area contributed by atoms with Crippen molar-refractivity contribution in [2.45, 2.75) is 31.8 Å². The molecule has 1 saturated heterocycles. The van der Waals surface area contributed by atoms with Gasteiger partial charge in [0.2, 0.25) is 0 Å². The van der Waals surface area contributed by atoms with E-state index in [1.54, 1.807) is 6.07 Å². The summed E-state index contributed by atoms with van der Waals surface area (Å²) in [5.41, 5.74) is 7.25. The Balaban J connectivity index is 1.64. The molecule has 0 radical (unpaired) electrons. The number of nitrogen functional groups attached to an aromatic ring is 1. The molecule has 0 spiro atoms. The van der Waals surface area contributed by atoms with Crippen LogP contribution in [0.4, 0.5) is 5.82 Å². The maximum atomic E-state index is 12.4. The molecule has 2 aromatic rings. The number of nitrogens with one attached hydrogen (secondary N) is 1. The molecule has 0 aliphatic carbocycles. The monoisotopic (exact) mass is 358 g/mol. The first-order valence-electron chi connectivity index (χ1n) is 8.46. The second-order valence-electron chi connectivity index (χ2n) is 6.78. The fraction of sp³-hybridized carbons (Fsp3) is 0.368. The molecular weight excluding hydrogens is 336 g/mol. The molecule has 1 aliphatic rings. The fourth-order valence-electron chi connectivity index (χ4n) is 3.30. The number of carbonyl (C=O) groups is 1. The lowest BCUT2D eigenvalue weighted by Crippen LogP contribution is -2.49. The molecule has 1 amide bonds. The molecule has 0 unspecified atom stereocenters. The summed E-state index contributed by atoms with van der Waals surface area (Å²) in [6.45, 7) is 4.72. The van der Waals surface area contributed by atoms with Gasteiger partial charge in [-0.05, 0) is 37.9 Å². The van der Waals surface area contributed by atoms with E-state index in [0.717, 1.165) is 25.9 Å². The highest BCUT2D eigenvalue weighted by atomic mass is 35.5. The van der Waals surface area contributed by atoms with Crippen LogP contribution in [-0.2, 0) is 6.54 Å². The second kappa shape index (κ2) is 7.42. The first-order chi connectivity index (χ1) is 12.0. The zero-order valence-electron chi connectivity index (χ0n) is 14.3. The number of pyridine rings is 1. The Morgan fingerprint density at radius 3 is 2.88 bits per heavy atom. The van der Waals surface area contributed by atoms with Gasteiger partial charge in [-0.1, -0.05) is 41.9 Å². The number of likely N-dealkylation sites (tertiary alicyclic amines) is 1. The zero-order valence-corrected chi connectivity index (χ0v) is 15.1. The molecule has 1 aromatic carbocycles. The predicted molar refractivity (Wildman–Crippen MR) is 100 cm³/mol. The quantitative estimate of drug-likeness (QED) is 0.861. The lowest BCUT2D eigenvalue weighted by Gasteiger charge is -2.35. The molecule has 2 heterocycles. The fourth-order valence-corrected chi connectivity index (χ4v) is 3.46. The number of aromatic nitrogens is 1. The molecule has 6 heteroatoms. The van der Waals surface area contributed by atoms with Crippen molar-refractivity contribution in [3.63, 3.8) is 0 Å². The average molecular weight is 359 g/mol. The first kappa shape index (κ1) is 17.7. The minimum atomic E-state index is -0.179. The Morgan fingerprint density at radius 2 is 2.16 bits per heavy atom. The van der Waals surface area contributed by atoms with E-state index in [9.17, 15) is 4.79 Å². The van der Waals surface area contributed by atoms with E-state index in [1.165, 1.54) is 11.8 Å². The molecule has 0 bridgehead atoms. The van der Waals surface area contributed by atoms with E-state index in [2.05, 4.69) is 46.4 Å². The second-order valence-corrected chi connectivity index (χ2v) is 7.19. The van der Waals surface area contributed by atoms with Crippen LogP contribution in [0.25, 0.3) is 0 Å². The van der Waals surface area contributed by atoms with Gasteiger partial charge in [0, 0.05) is 24.8 Å². The van der Waals surface area contributed by atoms with Crippen LogP contribution in [0.3, 0.4) is 0 Å². The van der Waals surface area contributed by atoms with Crippen LogP contribution >= 0.6 is 11.6 Å². The van der Waals surface area contributed by atoms with Crippen molar-refractivity contribution in [1.82, 2.24) is 15.2 Å². The Labute approximate surface area is 153 Å². The standard InChI is InChI=1S/C19H23ClN4O/c1-19(8-5-9-24(19)12-14-6-3-2-4-7-14)13-23-18(25)15-10-16(20)17(21)22-11-15/h2-4,6-7,10-11H,5,8-9,12-13H2,1H3,(H2,21,22)(H,23,25)/t19-/m1/s1. The van der Waals surface area contributed by atoms with Gasteiger partial charge in [0.1, 0.15) is 5.82 Å². The molecular formula is C19H23ClN4O. The van der Waals surface area contributed by atoms with Crippen molar-refractivity contribution >= 4 is 23.3 Å². The number of hydrogen-bond donors (Lipinski definition) is 2. The number of nitrogens with zero attached hydrogens (tertiary/aromatic N) is 2. The third kappa shape index (κ3) is 4.11. The molecule has 1 atom stereocenters. The number of nitrogens with two attached hydrogens (primary N) is 1. The van der Waals surface area contributed by atoms with Crippen molar-refractivity contribution in [3.05, 3.63) is 58.7 Å². The van der Waals surface area contributed by atoms with Crippen molar-refractivity contribution in [2.75, 3.05) is 18.8 Å². The number of hydrogen-bond acceptors (Lipinski definition) is 4. The van der Waals surface area contributed by atoms with Crippen LogP contribution in [0.15, 0.2) is 42.6 Å². The number of rotatable bonds is 5. The maximum absolute atomic E-state index is 12.4. The van der Waals surface area contributed by atoms with E-state index in [4.69, 9.17) is 17.3 Å². The van der Waals surface area contributed by atoms with E-state index in [1.807, 2.05) is 6.07 Å². The molecule has 1 fully saturated rings. The van der Waals surface area contributed by atoms with Crippen LogP contribution in [0, 0.1) is 0 Å². The van der Waals surface area contributed by atoms with Gasteiger partial charge in [0.25, 0.3) is 5.91 Å². The summed E-state index contributed by atoms with van der Waals surface area (Å²) in [7, 11) is 0. The van der Waals surface area contributed by atoms with Gasteiger partial charge < -0.3 is 11.1 Å². The minimum absolute atomic E-state index is 0.0590. The highest BCUT2D eigenvalue weighted by Gasteiger charge is 2.36. The molecule has 25 heavy (non-hydrogen) atoms. The van der Waals surface area contributed by atoms with E-state index in [0.29, 0.717) is 17.1 Å². The van der Waals surface area contributed by atoms with Crippen LogP contribution < -0.4 is 11.1 Å². The summed E-state index contributed by atoms with van der Waals surface area (Å²) in [6.07, 6.45) is 3.64. The largest absolute Gasteiger partial charge is 0.382 e. The van der Waals surface area contributed by atoms with Gasteiger partial charge in [0.15, 0.2) is 0 Å². The van der Waals surface area contributed by atoms with Crippen molar-refractivity contribution in [1.29, 1.82) is 0 Å². The Kier molecular flexibility index (Phi) is 5.25. The zero-order chi connectivity index (χ0) is 17.9. The van der Waals surface area contributed by atoms with Gasteiger partial charge >= 0.3 is 0 Å². The summed E-state index contributed by atoms with van der Waals surface area (Å²) in [5, 5.41) is 3.32. The third-order valence-electron chi connectivity index (χ3n) is 4.88. The number of carbonyl (C=O) groups excluding carboxylic acids is 1. The van der Waals surface area contributed by atoms with Gasteiger partial charge in [-0.15, -0.1) is 0 Å². The highest BCUT2D eigenvalue weighted by molar-refractivity contribution is 6.33. The number of benzene rings is 1. The maximum Gasteiger partial charge on any atom is 0.252 e. The summed E-state index contributed by atoms with van der Waals surface area (Å²) in [6, 6.07) is 12.0. The van der Waals surface area contributed by atoms with Crippen LogP contribution in [0.1, 0.15) is 35.7 Å². The van der Waals surface area contributed by atoms with Gasteiger partial charge in [-0.3, -0.25) is 9.69 Å². The topological polar surface area (TPSA) is 71.2 Å². The summed E-state index contributed by atoms with van der Waals surface area (Å²) in [5.74, 6) is 0.0530. The van der Waals surface area contributed by atoms with Crippen molar-refractivity contribution < 1.29 is 4.79 Å². The van der Waals surface area contributed by atoms with E-state index < -0.39 is 0 Å². The van der Waals surface area contributed by atoms with Gasteiger partial charge in [-0.25, -0.2) is 4.98 Å². The van der Waals surface area contributed by atoms with Crippen LogP contribution in [-0.4, -0.2) is 34.4 Å². The lowest BCUT2D eigenvalue weighted by molar-refractivity contribution is 0.0897. The number of anilines is 1. The first-order valence-corrected chi connectivity index (χ1v) is 8.84.